The summed E-state index contributed by atoms with van der Waals surface area (Å²) in [6.07, 6.45) is 0.777. The second-order valence-corrected chi connectivity index (χ2v) is 8.28. The number of nitrogens with one attached hydrogen (secondary N) is 1. The van der Waals surface area contributed by atoms with Gasteiger partial charge in [-0.2, -0.15) is 0 Å². The van der Waals surface area contributed by atoms with E-state index in [4.69, 9.17) is 9.47 Å². The van der Waals surface area contributed by atoms with Gasteiger partial charge in [0, 0.05) is 14.1 Å². The number of hydrogen-bond acceptors (Lipinski definition) is 6. The van der Waals surface area contributed by atoms with E-state index in [1.807, 2.05) is 6.92 Å². The minimum atomic E-state index is -3.65. The van der Waals surface area contributed by atoms with Crippen molar-refractivity contribution in [3.05, 3.63) is 18.2 Å². The van der Waals surface area contributed by atoms with Crippen LogP contribution in [0, 0.1) is 11.8 Å². The number of hydrogen-bond donors (Lipinski definition) is 1. The van der Waals surface area contributed by atoms with Crippen molar-refractivity contribution >= 4 is 27.6 Å². The molecule has 0 aromatic heterocycles. The van der Waals surface area contributed by atoms with Crippen molar-refractivity contribution in [2.24, 2.45) is 11.8 Å². The highest BCUT2D eigenvalue weighted by molar-refractivity contribution is 7.89. The van der Waals surface area contributed by atoms with E-state index in [2.05, 4.69) is 5.32 Å². The Bertz CT molecular complexity index is 775. The van der Waals surface area contributed by atoms with Crippen LogP contribution in [0.5, 0.6) is 5.75 Å². The van der Waals surface area contributed by atoms with Gasteiger partial charge in [0.25, 0.3) is 5.91 Å². The molecule has 138 valence electrons. The summed E-state index contributed by atoms with van der Waals surface area (Å²) in [6, 6.07) is 4.14. The number of benzene rings is 1. The van der Waals surface area contributed by atoms with Crippen molar-refractivity contribution in [2.75, 3.05) is 33.1 Å². The number of sulfonamides is 1. The van der Waals surface area contributed by atoms with Crippen LogP contribution in [0.3, 0.4) is 0 Å². The minimum Gasteiger partial charge on any atom is -0.495 e. The molecule has 1 saturated carbocycles. The Morgan fingerprint density at radius 2 is 1.96 bits per heavy atom. The maximum Gasteiger partial charge on any atom is 0.309 e. The van der Waals surface area contributed by atoms with Gasteiger partial charge in [0.1, 0.15) is 5.75 Å². The topological polar surface area (TPSA) is 102 Å². The largest absolute Gasteiger partial charge is 0.495 e. The molecule has 1 amide bonds. The summed E-state index contributed by atoms with van der Waals surface area (Å²) in [5.74, 6) is -0.495. The van der Waals surface area contributed by atoms with E-state index < -0.39 is 28.5 Å². The Kier molecular flexibility index (Phi) is 5.69. The Balaban J connectivity index is 2.09. The van der Waals surface area contributed by atoms with Crippen LogP contribution in [-0.4, -0.2) is 52.4 Å². The van der Waals surface area contributed by atoms with Gasteiger partial charge in [0.15, 0.2) is 6.61 Å². The number of amides is 1. The van der Waals surface area contributed by atoms with E-state index in [0.29, 0.717) is 11.7 Å². The monoisotopic (exact) mass is 370 g/mol. The molecule has 1 aliphatic rings. The van der Waals surface area contributed by atoms with Crippen molar-refractivity contribution < 1.29 is 27.5 Å². The number of carbonyl (C=O) groups is 2. The number of rotatable bonds is 7. The molecule has 25 heavy (non-hydrogen) atoms. The van der Waals surface area contributed by atoms with Gasteiger partial charge in [-0.3, -0.25) is 9.59 Å². The first kappa shape index (κ1) is 19.2. The van der Waals surface area contributed by atoms with Crippen molar-refractivity contribution in [1.82, 2.24) is 4.31 Å². The molecular weight excluding hydrogens is 348 g/mol. The zero-order chi connectivity index (χ0) is 18.8. The van der Waals surface area contributed by atoms with Crippen molar-refractivity contribution in [3.63, 3.8) is 0 Å². The SMILES string of the molecule is COc1ccc(S(=O)(=O)N(C)C)cc1NC(=O)COC(=O)[C@@H]1C[C@@H]1C. The fourth-order valence-electron chi connectivity index (χ4n) is 2.24. The van der Waals surface area contributed by atoms with E-state index in [0.717, 1.165) is 10.7 Å². The number of esters is 1. The van der Waals surface area contributed by atoms with Gasteiger partial charge in [-0.15, -0.1) is 0 Å². The highest BCUT2D eigenvalue weighted by Gasteiger charge is 2.40. The lowest BCUT2D eigenvalue weighted by Crippen LogP contribution is -2.24. The van der Waals surface area contributed by atoms with Gasteiger partial charge in [-0.05, 0) is 30.5 Å². The molecule has 0 heterocycles. The van der Waals surface area contributed by atoms with Crippen LogP contribution in [0.1, 0.15) is 13.3 Å². The van der Waals surface area contributed by atoms with Gasteiger partial charge < -0.3 is 14.8 Å². The normalized spacial score (nSPS) is 19.4. The minimum absolute atomic E-state index is 0.0115. The number of methoxy groups -OCH3 is 1. The standard InChI is InChI=1S/C16H22N2O6S/c1-10-7-12(10)16(20)24-9-15(19)17-13-8-11(5-6-14(13)23-4)25(21,22)18(2)3/h5-6,8,10,12H,7,9H2,1-4H3,(H,17,19)/t10-,12+/m0/s1. The number of anilines is 1. The first-order valence-electron chi connectivity index (χ1n) is 7.74. The fraction of sp³-hybridized carbons (Fsp3) is 0.500. The predicted octanol–water partition coefficient (Wildman–Crippen LogP) is 1.08. The number of carbonyl (C=O) groups excluding carboxylic acids is 2. The maximum atomic E-state index is 12.2. The average Bonchev–Trinajstić information content (AvgIpc) is 3.29. The van der Waals surface area contributed by atoms with Gasteiger partial charge in [-0.1, -0.05) is 6.92 Å². The van der Waals surface area contributed by atoms with Crippen LogP contribution in [0.4, 0.5) is 5.69 Å². The Morgan fingerprint density at radius 1 is 1.32 bits per heavy atom. The Morgan fingerprint density at radius 3 is 2.48 bits per heavy atom. The second kappa shape index (κ2) is 7.40. The lowest BCUT2D eigenvalue weighted by molar-refractivity contribution is -0.148. The second-order valence-electron chi connectivity index (χ2n) is 6.12. The molecule has 2 rings (SSSR count). The smallest absolute Gasteiger partial charge is 0.309 e. The molecule has 2 atom stereocenters. The summed E-state index contributed by atoms with van der Waals surface area (Å²) < 4.78 is 35.6. The first-order chi connectivity index (χ1) is 11.7. The lowest BCUT2D eigenvalue weighted by atomic mass is 10.3. The van der Waals surface area contributed by atoms with Gasteiger partial charge in [0.2, 0.25) is 10.0 Å². The summed E-state index contributed by atoms with van der Waals surface area (Å²) in [6.45, 7) is 1.50. The van der Waals surface area contributed by atoms with Gasteiger partial charge >= 0.3 is 5.97 Å². The lowest BCUT2D eigenvalue weighted by Gasteiger charge is -2.15. The fourth-order valence-corrected chi connectivity index (χ4v) is 3.16. The van der Waals surface area contributed by atoms with Crippen LogP contribution in [-0.2, 0) is 24.3 Å². The summed E-state index contributed by atoms with van der Waals surface area (Å²) in [5.41, 5.74) is 0.186. The van der Waals surface area contributed by atoms with E-state index in [1.54, 1.807) is 0 Å². The van der Waals surface area contributed by atoms with E-state index in [1.165, 1.54) is 39.4 Å². The van der Waals surface area contributed by atoms with Crippen molar-refractivity contribution in [2.45, 2.75) is 18.2 Å². The third-order valence-electron chi connectivity index (χ3n) is 3.98. The Hall–Kier alpha value is -2.13. The molecule has 0 spiro atoms. The molecule has 0 unspecified atom stereocenters. The van der Waals surface area contributed by atoms with Gasteiger partial charge in [-0.25, -0.2) is 12.7 Å². The maximum absolute atomic E-state index is 12.2. The molecule has 1 aromatic rings. The average molecular weight is 370 g/mol. The quantitative estimate of drug-likeness (QED) is 0.721. The van der Waals surface area contributed by atoms with Crippen LogP contribution in [0.2, 0.25) is 0 Å². The van der Waals surface area contributed by atoms with Gasteiger partial charge in [0.05, 0.1) is 23.6 Å². The molecule has 1 aliphatic carbocycles. The van der Waals surface area contributed by atoms with Crippen LogP contribution in [0.25, 0.3) is 0 Å². The molecule has 0 aliphatic heterocycles. The zero-order valence-electron chi connectivity index (χ0n) is 14.6. The third-order valence-corrected chi connectivity index (χ3v) is 5.79. The molecular formula is C16H22N2O6S. The molecule has 0 radical (unpaired) electrons. The molecule has 0 bridgehead atoms. The molecule has 8 nitrogen and oxygen atoms in total. The van der Waals surface area contributed by atoms with Crippen LogP contribution >= 0.6 is 0 Å². The zero-order valence-corrected chi connectivity index (χ0v) is 15.4. The number of ether oxygens (including phenoxy) is 2. The summed E-state index contributed by atoms with van der Waals surface area (Å²) in [7, 11) is 0.574. The first-order valence-corrected chi connectivity index (χ1v) is 9.18. The summed E-state index contributed by atoms with van der Waals surface area (Å²) in [4.78, 5) is 23.7. The van der Waals surface area contributed by atoms with Crippen LogP contribution < -0.4 is 10.1 Å². The predicted molar refractivity (Wildman–Crippen MR) is 90.7 cm³/mol. The van der Waals surface area contributed by atoms with Crippen molar-refractivity contribution in [1.29, 1.82) is 0 Å². The molecule has 1 fully saturated rings. The third kappa shape index (κ3) is 4.49. The highest BCUT2D eigenvalue weighted by Crippen LogP contribution is 2.38. The molecule has 9 heteroatoms. The van der Waals surface area contributed by atoms with Crippen LogP contribution in [0.15, 0.2) is 23.1 Å². The van der Waals surface area contributed by atoms with E-state index in [-0.39, 0.29) is 16.5 Å². The summed E-state index contributed by atoms with van der Waals surface area (Å²) in [5, 5.41) is 2.51. The molecule has 1 aromatic carbocycles. The van der Waals surface area contributed by atoms with E-state index in [9.17, 15) is 18.0 Å². The van der Waals surface area contributed by atoms with Crippen molar-refractivity contribution in [3.8, 4) is 5.75 Å². The highest BCUT2D eigenvalue weighted by atomic mass is 32.2. The summed E-state index contributed by atoms with van der Waals surface area (Å²) >= 11 is 0. The molecule has 0 saturated heterocycles. The van der Waals surface area contributed by atoms with E-state index >= 15 is 0 Å². The Labute approximate surface area is 147 Å². The number of nitrogens with zero attached hydrogens (tertiary/aromatic N) is 1. The molecule has 1 N–H and O–H groups in total.